The first-order chi connectivity index (χ1) is 10.8. The summed E-state index contributed by atoms with van der Waals surface area (Å²) in [5, 5.41) is 10.2. The molecule has 1 saturated heterocycles. The van der Waals surface area contributed by atoms with Gasteiger partial charge in [0, 0.05) is 17.5 Å². The fraction of sp³-hybridized carbons (Fsp3) is 0.750. The molecule has 0 aromatic carbocycles. The Morgan fingerprint density at radius 2 is 1.88 bits per heavy atom. The van der Waals surface area contributed by atoms with Gasteiger partial charge >= 0.3 is 6.03 Å². The third kappa shape index (κ3) is 4.49. The van der Waals surface area contributed by atoms with Gasteiger partial charge in [-0.3, -0.25) is 5.32 Å². The van der Waals surface area contributed by atoms with E-state index in [0.29, 0.717) is 12.2 Å². The summed E-state index contributed by atoms with van der Waals surface area (Å²) in [6.07, 6.45) is 0.460. The molecular formula is C16H28N4O3S. The van der Waals surface area contributed by atoms with Gasteiger partial charge in [-0.25, -0.2) is 17.9 Å². The number of carbonyl (C=O) groups is 1. The molecule has 0 aliphatic carbocycles. The molecule has 0 spiro atoms. The number of nitrogens with one attached hydrogen (secondary N) is 2. The molecule has 136 valence electrons. The maximum absolute atomic E-state index is 12.3. The summed E-state index contributed by atoms with van der Waals surface area (Å²) in [6.45, 7) is 12.2. The number of nitrogens with zero attached hydrogens (tertiary/aromatic N) is 2. The number of anilines is 1. The largest absolute Gasteiger partial charge is 0.334 e. The molecule has 1 aromatic rings. The Morgan fingerprint density at radius 1 is 1.25 bits per heavy atom. The molecule has 1 fully saturated rings. The van der Waals surface area contributed by atoms with Gasteiger partial charge in [0.1, 0.15) is 5.82 Å². The molecule has 1 aliphatic rings. The van der Waals surface area contributed by atoms with E-state index < -0.39 is 15.9 Å². The maximum Gasteiger partial charge on any atom is 0.320 e. The monoisotopic (exact) mass is 356 g/mol. The highest BCUT2D eigenvalue weighted by atomic mass is 32.2. The summed E-state index contributed by atoms with van der Waals surface area (Å²) in [5.74, 6) is 0.740. The lowest BCUT2D eigenvalue weighted by Gasteiger charge is -2.23. The van der Waals surface area contributed by atoms with Crippen LogP contribution >= 0.6 is 0 Å². The highest BCUT2D eigenvalue weighted by Gasteiger charge is 2.30. The normalized spacial score (nSPS) is 20.8. The molecule has 7 nitrogen and oxygen atoms in total. The Labute approximate surface area is 144 Å². The average molecular weight is 356 g/mol. The topological polar surface area (TPSA) is 93.1 Å². The van der Waals surface area contributed by atoms with Crippen LogP contribution in [0.1, 0.15) is 53.7 Å². The van der Waals surface area contributed by atoms with E-state index in [1.807, 2.05) is 26.8 Å². The maximum atomic E-state index is 12.3. The third-order valence-electron chi connectivity index (χ3n) is 3.92. The van der Waals surface area contributed by atoms with Gasteiger partial charge in [-0.05, 0) is 27.2 Å². The number of rotatable bonds is 2. The van der Waals surface area contributed by atoms with Gasteiger partial charge in [0.15, 0.2) is 9.84 Å². The lowest BCUT2D eigenvalue weighted by Crippen LogP contribution is -2.39. The summed E-state index contributed by atoms with van der Waals surface area (Å²) in [5.41, 5.74) is 0.460. The number of sulfone groups is 1. The molecule has 0 saturated carbocycles. The van der Waals surface area contributed by atoms with Crippen LogP contribution in [-0.4, -0.2) is 41.8 Å². The lowest BCUT2D eigenvalue weighted by atomic mass is 9.92. The first-order valence-corrected chi connectivity index (χ1v) is 9.99. The van der Waals surface area contributed by atoms with Crippen LogP contribution in [0.5, 0.6) is 0 Å². The van der Waals surface area contributed by atoms with Crippen LogP contribution in [0, 0.1) is 0 Å². The van der Waals surface area contributed by atoms with Crippen LogP contribution < -0.4 is 10.6 Å². The minimum atomic E-state index is -3.02. The summed E-state index contributed by atoms with van der Waals surface area (Å²) >= 11 is 0. The molecule has 2 amide bonds. The number of amides is 2. The number of carbonyl (C=O) groups excluding carboxylic acids is 1. The molecule has 24 heavy (non-hydrogen) atoms. The van der Waals surface area contributed by atoms with Gasteiger partial charge in [-0.1, -0.05) is 20.8 Å². The van der Waals surface area contributed by atoms with Crippen LogP contribution in [0.3, 0.4) is 0 Å². The van der Waals surface area contributed by atoms with Crippen LogP contribution in [-0.2, 0) is 20.8 Å². The second kappa shape index (κ2) is 6.06. The van der Waals surface area contributed by atoms with E-state index in [1.54, 1.807) is 4.68 Å². The fourth-order valence-corrected chi connectivity index (χ4v) is 4.27. The summed E-state index contributed by atoms with van der Waals surface area (Å²) in [6, 6.07) is 1.14. The minimum absolute atomic E-state index is 0.00614. The summed E-state index contributed by atoms with van der Waals surface area (Å²) in [4.78, 5) is 12.3. The molecule has 0 radical (unpaired) electrons. The molecule has 0 bridgehead atoms. The zero-order chi connectivity index (χ0) is 18.3. The first kappa shape index (κ1) is 18.8. The van der Waals surface area contributed by atoms with E-state index in [1.165, 1.54) is 0 Å². The van der Waals surface area contributed by atoms with Crippen molar-refractivity contribution in [2.24, 2.45) is 0 Å². The van der Waals surface area contributed by atoms with Gasteiger partial charge in [-0.2, -0.15) is 5.10 Å². The van der Waals surface area contributed by atoms with Crippen molar-refractivity contribution in [3.05, 3.63) is 11.8 Å². The van der Waals surface area contributed by atoms with Crippen molar-refractivity contribution in [2.75, 3.05) is 16.8 Å². The molecular weight excluding hydrogens is 328 g/mol. The molecule has 2 heterocycles. The van der Waals surface area contributed by atoms with Crippen LogP contribution in [0.4, 0.5) is 10.6 Å². The van der Waals surface area contributed by atoms with Crippen molar-refractivity contribution in [3.63, 3.8) is 0 Å². The van der Waals surface area contributed by atoms with E-state index in [4.69, 9.17) is 0 Å². The van der Waals surface area contributed by atoms with Crippen molar-refractivity contribution < 1.29 is 13.2 Å². The Bertz CT molecular complexity index is 723. The smallest absolute Gasteiger partial charge is 0.320 e. The van der Waals surface area contributed by atoms with Crippen molar-refractivity contribution in [1.29, 1.82) is 0 Å². The van der Waals surface area contributed by atoms with E-state index in [-0.39, 0.29) is 28.5 Å². The zero-order valence-corrected chi connectivity index (χ0v) is 16.1. The lowest BCUT2D eigenvalue weighted by molar-refractivity contribution is 0.249. The van der Waals surface area contributed by atoms with Gasteiger partial charge in [0.25, 0.3) is 0 Å². The molecule has 1 atom stereocenters. The second-order valence-corrected chi connectivity index (χ2v) is 10.7. The Hall–Kier alpha value is -1.57. The number of hydrogen-bond donors (Lipinski definition) is 2. The third-order valence-corrected chi connectivity index (χ3v) is 5.69. The van der Waals surface area contributed by atoms with Gasteiger partial charge < -0.3 is 5.32 Å². The molecule has 1 aromatic heterocycles. The van der Waals surface area contributed by atoms with Gasteiger partial charge in [-0.15, -0.1) is 0 Å². The SMILES string of the molecule is CC(C)(C)c1cc(NC(=O)NC2CCS(=O)(=O)C2)n(C(C)(C)C)n1. The molecule has 2 rings (SSSR count). The van der Waals surface area contributed by atoms with Gasteiger partial charge in [0.05, 0.1) is 22.7 Å². The number of hydrogen-bond acceptors (Lipinski definition) is 4. The summed E-state index contributed by atoms with van der Waals surface area (Å²) < 4.78 is 24.8. The Morgan fingerprint density at radius 3 is 2.33 bits per heavy atom. The predicted octanol–water partition coefficient (Wildman–Crippen LogP) is 2.24. The quantitative estimate of drug-likeness (QED) is 0.850. The van der Waals surface area contributed by atoms with E-state index in [2.05, 4.69) is 36.5 Å². The highest BCUT2D eigenvalue weighted by Crippen LogP contribution is 2.28. The minimum Gasteiger partial charge on any atom is -0.334 e. The number of urea groups is 1. The fourth-order valence-electron chi connectivity index (χ4n) is 2.59. The molecule has 2 N–H and O–H groups in total. The van der Waals surface area contributed by atoms with Crippen LogP contribution in [0.15, 0.2) is 6.07 Å². The zero-order valence-electron chi connectivity index (χ0n) is 15.3. The van der Waals surface area contributed by atoms with Crippen LogP contribution in [0.25, 0.3) is 0 Å². The molecule has 1 aliphatic heterocycles. The molecule has 1 unspecified atom stereocenters. The van der Waals surface area contributed by atoms with Crippen LogP contribution in [0.2, 0.25) is 0 Å². The number of aromatic nitrogens is 2. The Kier molecular flexibility index (Phi) is 4.74. The van der Waals surface area contributed by atoms with E-state index >= 15 is 0 Å². The standard InChI is InChI=1S/C16H28N4O3S/c1-15(2,3)12-9-13(20(19-12)16(4,5)6)18-14(21)17-11-7-8-24(22,23)10-11/h9,11H,7-8,10H2,1-6H3,(H2,17,18,21). The van der Waals surface area contributed by atoms with Crippen molar-refractivity contribution in [3.8, 4) is 0 Å². The van der Waals surface area contributed by atoms with Gasteiger partial charge in [0.2, 0.25) is 0 Å². The second-order valence-electron chi connectivity index (χ2n) is 8.45. The first-order valence-electron chi connectivity index (χ1n) is 8.17. The van der Waals surface area contributed by atoms with E-state index in [0.717, 1.165) is 5.69 Å². The van der Waals surface area contributed by atoms with Crippen molar-refractivity contribution in [1.82, 2.24) is 15.1 Å². The van der Waals surface area contributed by atoms with Crippen molar-refractivity contribution >= 4 is 21.7 Å². The van der Waals surface area contributed by atoms with Crippen molar-refractivity contribution in [2.45, 2.75) is 65.0 Å². The summed E-state index contributed by atoms with van der Waals surface area (Å²) in [7, 11) is -3.02. The molecule has 8 heteroatoms. The average Bonchev–Trinajstić information content (AvgIpc) is 2.91. The van der Waals surface area contributed by atoms with E-state index in [9.17, 15) is 13.2 Å². The predicted molar refractivity (Wildman–Crippen MR) is 95.1 cm³/mol. The Balaban J connectivity index is 2.16. The highest BCUT2D eigenvalue weighted by molar-refractivity contribution is 7.91.